The molecule has 1 aromatic carbocycles. The first kappa shape index (κ1) is 20.8. The first-order valence-electron chi connectivity index (χ1n) is 9.71. The lowest BCUT2D eigenvalue weighted by Crippen LogP contribution is -2.37. The van der Waals surface area contributed by atoms with Gasteiger partial charge in [-0.3, -0.25) is 4.79 Å². The molecule has 0 bridgehead atoms. The van der Waals surface area contributed by atoms with Gasteiger partial charge in [-0.05, 0) is 43.2 Å². The Bertz CT molecular complexity index is 903. The van der Waals surface area contributed by atoms with Crippen LogP contribution in [0.2, 0.25) is 0 Å². The Morgan fingerprint density at radius 3 is 2.39 bits per heavy atom. The molecule has 0 amide bonds. The minimum Gasteiger partial charge on any atom is -0.376 e. The van der Waals surface area contributed by atoms with Gasteiger partial charge < -0.3 is 9.30 Å². The predicted molar refractivity (Wildman–Crippen MR) is 110 cm³/mol. The summed E-state index contributed by atoms with van der Waals surface area (Å²) in [5, 5.41) is 0. The van der Waals surface area contributed by atoms with Gasteiger partial charge in [-0.2, -0.15) is 0 Å². The standard InChI is InChI=1S/C21H28N2O4S/c1-28(25,26)22-15-19(23-14-6-5-9-21(23)24)16-27-20-12-10-18(11-13-20)17-7-3-2-4-8-17/h2-9,14,18-20,22H,10-13,15-16H2,1H3/t18-,19-,20+/m0/s1. The molecular formula is C21H28N2O4S. The molecule has 0 spiro atoms. The second kappa shape index (κ2) is 9.49. The number of aromatic nitrogens is 1. The van der Waals surface area contributed by atoms with Crippen LogP contribution in [-0.4, -0.2) is 38.5 Å². The summed E-state index contributed by atoms with van der Waals surface area (Å²) in [7, 11) is -3.34. The molecule has 2 aromatic rings. The highest BCUT2D eigenvalue weighted by Crippen LogP contribution is 2.34. The van der Waals surface area contributed by atoms with Gasteiger partial charge in [-0.15, -0.1) is 0 Å². The molecule has 1 aromatic heterocycles. The molecule has 1 aliphatic rings. The van der Waals surface area contributed by atoms with Gasteiger partial charge in [-0.25, -0.2) is 13.1 Å². The number of rotatable bonds is 8. The maximum Gasteiger partial charge on any atom is 0.250 e. The van der Waals surface area contributed by atoms with Crippen LogP contribution in [0.5, 0.6) is 0 Å². The minimum atomic E-state index is -3.34. The van der Waals surface area contributed by atoms with E-state index >= 15 is 0 Å². The molecule has 1 saturated carbocycles. The molecule has 0 unspecified atom stereocenters. The smallest absolute Gasteiger partial charge is 0.250 e. The molecule has 1 aliphatic carbocycles. The molecule has 1 N–H and O–H groups in total. The van der Waals surface area contributed by atoms with E-state index in [9.17, 15) is 13.2 Å². The second-order valence-electron chi connectivity index (χ2n) is 7.44. The van der Waals surface area contributed by atoms with Crippen molar-refractivity contribution in [1.82, 2.24) is 9.29 Å². The number of nitrogens with one attached hydrogen (secondary N) is 1. The Kier molecular flexibility index (Phi) is 7.04. The van der Waals surface area contributed by atoms with Crippen LogP contribution in [0.15, 0.2) is 59.5 Å². The highest BCUT2D eigenvalue weighted by atomic mass is 32.2. The summed E-state index contributed by atoms with van der Waals surface area (Å²) >= 11 is 0. The van der Waals surface area contributed by atoms with Crippen molar-refractivity contribution in [2.75, 3.05) is 19.4 Å². The van der Waals surface area contributed by atoms with Crippen LogP contribution in [-0.2, 0) is 14.8 Å². The quantitative estimate of drug-likeness (QED) is 0.734. The first-order valence-corrected chi connectivity index (χ1v) is 11.6. The van der Waals surface area contributed by atoms with Crippen LogP contribution >= 0.6 is 0 Å². The maximum atomic E-state index is 12.2. The van der Waals surface area contributed by atoms with Crippen molar-refractivity contribution in [1.29, 1.82) is 0 Å². The third-order valence-corrected chi connectivity index (χ3v) is 5.99. The lowest BCUT2D eigenvalue weighted by Gasteiger charge is -2.30. The molecule has 0 aliphatic heterocycles. The van der Waals surface area contributed by atoms with Gasteiger partial charge in [0.15, 0.2) is 0 Å². The number of hydrogen-bond acceptors (Lipinski definition) is 4. The van der Waals surface area contributed by atoms with Crippen LogP contribution in [0.3, 0.4) is 0 Å². The third-order valence-electron chi connectivity index (χ3n) is 5.30. The average Bonchev–Trinajstić information content (AvgIpc) is 2.69. The maximum absolute atomic E-state index is 12.2. The van der Waals surface area contributed by atoms with Gasteiger partial charge in [0.2, 0.25) is 10.0 Å². The minimum absolute atomic E-state index is 0.127. The van der Waals surface area contributed by atoms with Crippen LogP contribution < -0.4 is 10.3 Å². The van der Waals surface area contributed by atoms with Gasteiger partial charge in [-0.1, -0.05) is 36.4 Å². The van der Waals surface area contributed by atoms with Gasteiger partial charge >= 0.3 is 0 Å². The summed E-state index contributed by atoms with van der Waals surface area (Å²) in [6.07, 6.45) is 7.01. The second-order valence-corrected chi connectivity index (χ2v) is 9.27. The lowest BCUT2D eigenvalue weighted by atomic mass is 9.83. The summed E-state index contributed by atoms with van der Waals surface area (Å²) in [6.45, 7) is 0.426. The SMILES string of the molecule is CS(=O)(=O)NC[C@@H](CO[C@H]1CC[C@@H](c2ccccc2)CC1)n1ccccc1=O. The van der Waals surface area contributed by atoms with Crippen LogP contribution in [0, 0.1) is 0 Å². The van der Waals surface area contributed by atoms with Gasteiger partial charge in [0.05, 0.1) is 25.0 Å². The van der Waals surface area contributed by atoms with Crippen molar-refractivity contribution >= 4 is 10.0 Å². The normalized spacial score (nSPS) is 21.3. The Morgan fingerprint density at radius 2 is 1.75 bits per heavy atom. The van der Waals surface area contributed by atoms with E-state index in [1.165, 1.54) is 16.2 Å². The van der Waals surface area contributed by atoms with Crippen LogP contribution in [0.4, 0.5) is 0 Å². The molecule has 3 rings (SSSR count). The van der Waals surface area contributed by atoms with E-state index in [0.717, 1.165) is 31.9 Å². The molecule has 28 heavy (non-hydrogen) atoms. The van der Waals surface area contributed by atoms with E-state index < -0.39 is 10.0 Å². The molecule has 6 nitrogen and oxygen atoms in total. The molecule has 0 radical (unpaired) electrons. The molecule has 152 valence electrons. The van der Waals surface area contributed by atoms with E-state index in [1.807, 2.05) is 6.07 Å². The summed E-state index contributed by atoms with van der Waals surface area (Å²) in [4.78, 5) is 12.2. The fourth-order valence-electron chi connectivity index (χ4n) is 3.76. The number of benzene rings is 1. The predicted octanol–water partition coefficient (Wildman–Crippen LogP) is 2.68. The van der Waals surface area contributed by atoms with Crippen molar-refractivity contribution < 1.29 is 13.2 Å². The Balaban J connectivity index is 1.58. The third kappa shape index (κ3) is 6.02. The fraction of sp³-hybridized carbons (Fsp3) is 0.476. The van der Waals surface area contributed by atoms with Crippen molar-refractivity contribution in [2.24, 2.45) is 0 Å². The highest BCUT2D eigenvalue weighted by Gasteiger charge is 2.24. The molecule has 1 fully saturated rings. The number of ether oxygens (including phenoxy) is 1. The summed E-state index contributed by atoms with van der Waals surface area (Å²) in [6, 6.07) is 15.1. The topological polar surface area (TPSA) is 77.4 Å². The zero-order chi connectivity index (χ0) is 20.0. The fourth-order valence-corrected chi connectivity index (χ4v) is 4.26. The van der Waals surface area contributed by atoms with E-state index in [4.69, 9.17) is 4.74 Å². The van der Waals surface area contributed by atoms with Crippen molar-refractivity contribution in [3.63, 3.8) is 0 Å². The summed E-state index contributed by atoms with van der Waals surface area (Å²) < 4.78 is 33.1. The summed E-state index contributed by atoms with van der Waals surface area (Å²) in [5.41, 5.74) is 1.21. The molecule has 7 heteroatoms. The Hall–Kier alpha value is -1.96. The zero-order valence-electron chi connectivity index (χ0n) is 16.2. The number of sulfonamides is 1. The largest absolute Gasteiger partial charge is 0.376 e. The lowest BCUT2D eigenvalue weighted by molar-refractivity contribution is 0.00737. The Labute approximate surface area is 166 Å². The molecule has 1 atom stereocenters. The van der Waals surface area contributed by atoms with E-state index in [-0.39, 0.29) is 24.2 Å². The molecular weight excluding hydrogens is 376 g/mol. The number of pyridine rings is 1. The molecule has 1 heterocycles. The van der Waals surface area contributed by atoms with E-state index in [1.54, 1.807) is 18.3 Å². The van der Waals surface area contributed by atoms with E-state index in [0.29, 0.717) is 12.5 Å². The van der Waals surface area contributed by atoms with Crippen molar-refractivity contribution in [3.8, 4) is 0 Å². The number of nitrogens with zero attached hydrogens (tertiary/aromatic N) is 1. The first-order chi connectivity index (χ1) is 13.4. The summed E-state index contributed by atoms with van der Waals surface area (Å²) in [5.74, 6) is 0.570. The Morgan fingerprint density at radius 1 is 1.07 bits per heavy atom. The van der Waals surface area contributed by atoms with Crippen molar-refractivity contribution in [2.45, 2.75) is 43.7 Å². The molecule has 0 saturated heterocycles. The van der Waals surface area contributed by atoms with Gasteiger partial charge in [0.1, 0.15) is 0 Å². The highest BCUT2D eigenvalue weighted by molar-refractivity contribution is 7.88. The number of hydrogen-bond donors (Lipinski definition) is 1. The van der Waals surface area contributed by atoms with Crippen molar-refractivity contribution in [3.05, 3.63) is 70.6 Å². The van der Waals surface area contributed by atoms with Gasteiger partial charge in [0, 0.05) is 18.8 Å². The average molecular weight is 405 g/mol. The zero-order valence-corrected chi connectivity index (χ0v) is 17.0. The van der Waals surface area contributed by atoms with Gasteiger partial charge in [0.25, 0.3) is 5.56 Å². The van der Waals surface area contributed by atoms with Crippen LogP contribution in [0.25, 0.3) is 0 Å². The monoisotopic (exact) mass is 404 g/mol. The van der Waals surface area contributed by atoms with Crippen LogP contribution in [0.1, 0.15) is 43.2 Å². The van der Waals surface area contributed by atoms with E-state index in [2.05, 4.69) is 29.0 Å².